The van der Waals surface area contributed by atoms with Gasteiger partial charge in [0.2, 0.25) is 0 Å². The number of nitrogens with two attached hydrogens (primary N) is 1. The smallest absolute Gasteiger partial charge is 0.261 e. The molecule has 0 aliphatic heterocycles. The van der Waals surface area contributed by atoms with Crippen molar-refractivity contribution >= 4 is 33.1 Å². The third kappa shape index (κ3) is 3.65. The monoisotopic (exact) mass is 325 g/mol. The fourth-order valence-electron chi connectivity index (χ4n) is 1.61. The van der Waals surface area contributed by atoms with Gasteiger partial charge in [-0.25, -0.2) is 8.42 Å². The lowest BCUT2D eigenvalue weighted by Crippen LogP contribution is -2.14. The summed E-state index contributed by atoms with van der Waals surface area (Å²) in [6.45, 7) is 0. The highest BCUT2D eigenvalue weighted by Crippen LogP contribution is 2.19. The van der Waals surface area contributed by atoms with E-state index < -0.39 is 10.0 Å². The number of hydrogen-bond acceptors (Lipinski definition) is 4. The Morgan fingerprint density at radius 1 is 1.19 bits per heavy atom. The van der Waals surface area contributed by atoms with Gasteiger partial charge in [-0.3, -0.25) is 4.72 Å². The minimum absolute atomic E-state index is 0.0563. The Balaban J connectivity index is 2.25. The minimum atomic E-state index is -3.72. The van der Waals surface area contributed by atoms with E-state index in [0.717, 1.165) is 0 Å². The summed E-state index contributed by atoms with van der Waals surface area (Å²) in [5.74, 6) is -0.0563. The molecule has 0 aromatic heterocycles. The van der Waals surface area contributed by atoms with E-state index >= 15 is 0 Å². The number of halogens is 1. The Kier molecular flexibility index (Phi) is 4.35. The Labute approximate surface area is 126 Å². The Hall–Kier alpha value is -2.25. The summed E-state index contributed by atoms with van der Waals surface area (Å²) in [5, 5.41) is 11.8. The lowest BCUT2D eigenvalue weighted by molar-refractivity contribution is 0.318. The molecule has 2 aromatic carbocycles. The van der Waals surface area contributed by atoms with Gasteiger partial charge in [0.05, 0.1) is 4.90 Å². The zero-order chi connectivity index (χ0) is 15.5. The first-order valence-electron chi connectivity index (χ1n) is 5.79. The normalized spacial score (nSPS) is 12.1. The van der Waals surface area contributed by atoms with Crippen LogP contribution in [0.15, 0.2) is 58.6 Å². The van der Waals surface area contributed by atoms with Crippen LogP contribution in [-0.2, 0) is 10.0 Å². The molecule has 6 nitrogen and oxygen atoms in total. The molecule has 0 atom stereocenters. The summed E-state index contributed by atoms with van der Waals surface area (Å²) in [6.07, 6.45) is 0. The number of amidine groups is 1. The van der Waals surface area contributed by atoms with Crippen LogP contribution in [0.4, 0.5) is 5.69 Å². The minimum Gasteiger partial charge on any atom is -0.409 e. The molecule has 0 radical (unpaired) electrons. The van der Waals surface area contributed by atoms with E-state index in [1.54, 1.807) is 12.1 Å². The van der Waals surface area contributed by atoms with Crippen molar-refractivity contribution in [1.82, 2.24) is 0 Å². The maximum atomic E-state index is 12.2. The van der Waals surface area contributed by atoms with E-state index in [0.29, 0.717) is 16.3 Å². The molecule has 0 heterocycles. The number of oxime groups is 1. The van der Waals surface area contributed by atoms with Crippen molar-refractivity contribution in [1.29, 1.82) is 0 Å². The standard InChI is InChI=1S/C13H12ClN3O3S/c14-10-2-1-3-12(8-10)21(19,20)17-11-6-4-9(5-7-11)13(15)16-18/h1-8,17-18H,(H2,15,16). The number of hydrogen-bond donors (Lipinski definition) is 3. The third-order valence-electron chi connectivity index (χ3n) is 2.65. The molecule has 2 aromatic rings. The van der Waals surface area contributed by atoms with Gasteiger partial charge >= 0.3 is 0 Å². The van der Waals surface area contributed by atoms with Crippen LogP contribution in [0, 0.1) is 0 Å². The zero-order valence-electron chi connectivity index (χ0n) is 10.7. The molecule has 0 aliphatic rings. The molecule has 21 heavy (non-hydrogen) atoms. The summed E-state index contributed by atoms with van der Waals surface area (Å²) in [4.78, 5) is 0.0653. The molecule has 0 unspecified atom stereocenters. The van der Waals surface area contributed by atoms with Crippen molar-refractivity contribution in [3.05, 3.63) is 59.1 Å². The molecule has 2 rings (SSSR count). The number of sulfonamides is 1. The van der Waals surface area contributed by atoms with Crippen LogP contribution in [0.2, 0.25) is 5.02 Å². The number of benzene rings is 2. The molecule has 0 aliphatic carbocycles. The molecular formula is C13H12ClN3O3S. The van der Waals surface area contributed by atoms with E-state index in [2.05, 4.69) is 9.88 Å². The van der Waals surface area contributed by atoms with Gasteiger partial charge in [0.1, 0.15) is 0 Å². The van der Waals surface area contributed by atoms with Crippen molar-refractivity contribution < 1.29 is 13.6 Å². The molecule has 0 saturated heterocycles. The second kappa shape index (κ2) is 6.02. The molecule has 0 bridgehead atoms. The first-order chi connectivity index (χ1) is 9.92. The number of nitrogens with zero attached hydrogens (tertiary/aromatic N) is 1. The van der Waals surface area contributed by atoms with Gasteiger partial charge < -0.3 is 10.9 Å². The van der Waals surface area contributed by atoms with Gasteiger partial charge in [-0.05, 0) is 42.5 Å². The van der Waals surface area contributed by atoms with E-state index in [1.807, 2.05) is 0 Å². The predicted molar refractivity (Wildman–Crippen MR) is 81.2 cm³/mol. The third-order valence-corrected chi connectivity index (χ3v) is 4.26. The highest BCUT2D eigenvalue weighted by Gasteiger charge is 2.14. The van der Waals surface area contributed by atoms with Crippen molar-refractivity contribution in [2.24, 2.45) is 10.9 Å². The van der Waals surface area contributed by atoms with Gasteiger partial charge in [0.15, 0.2) is 5.84 Å². The van der Waals surface area contributed by atoms with Gasteiger partial charge in [-0.1, -0.05) is 22.8 Å². The van der Waals surface area contributed by atoms with Crippen molar-refractivity contribution in [2.45, 2.75) is 4.90 Å². The number of nitrogens with one attached hydrogen (secondary N) is 1. The SMILES string of the molecule is N/C(=N/O)c1ccc(NS(=O)(=O)c2cccc(Cl)c2)cc1. The Morgan fingerprint density at radius 2 is 1.86 bits per heavy atom. The van der Waals surface area contributed by atoms with Crippen LogP contribution in [0.3, 0.4) is 0 Å². The number of rotatable bonds is 4. The first kappa shape index (κ1) is 15.1. The quantitative estimate of drug-likeness (QED) is 0.347. The molecule has 8 heteroatoms. The summed E-state index contributed by atoms with van der Waals surface area (Å²) in [6, 6.07) is 12.0. The van der Waals surface area contributed by atoms with Crippen LogP contribution in [-0.4, -0.2) is 19.5 Å². The van der Waals surface area contributed by atoms with E-state index in [9.17, 15) is 8.42 Å². The van der Waals surface area contributed by atoms with Gasteiger partial charge in [-0.2, -0.15) is 0 Å². The Bertz CT molecular complexity index is 774. The van der Waals surface area contributed by atoms with E-state index in [4.69, 9.17) is 22.5 Å². The highest BCUT2D eigenvalue weighted by molar-refractivity contribution is 7.92. The summed E-state index contributed by atoms with van der Waals surface area (Å²) in [5.41, 5.74) is 6.25. The molecule has 110 valence electrons. The van der Waals surface area contributed by atoms with Crippen molar-refractivity contribution in [3.63, 3.8) is 0 Å². The largest absolute Gasteiger partial charge is 0.409 e. The molecule has 0 saturated carbocycles. The highest BCUT2D eigenvalue weighted by atomic mass is 35.5. The summed E-state index contributed by atoms with van der Waals surface area (Å²) < 4.78 is 26.8. The van der Waals surface area contributed by atoms with Crippen molar-refractivity contribution in [3.8, 4) is 0 Å². The molecule has 0 amide bonds. The second-order valence-electron chi connectivity index (χ2n) is 4.13. The maximum Gasteiger partial charge on any atom is 0.261 e. The van der Waals surface area contributed by atoms with E-state index in [1.165, 1.54) is 36.4 Å². The summed E-state index contributed by atoms with van der Waals surface area (Å²) in [7, 11) is -3.72. The lowest BCUT2D eigenvalue weighted by Gasteiger charge is -2.09. The molecule has 0 spiro atoms. The van der Waals surface area contributed by atoms with E-state index in [-0.39, 0.29) is 10.7 Å². The summed E-state index contributed by atoms with van der Waals surface area (Å²) >= 11 is 5.78. The fourth-order valence-corrected chi connectivity index (χ4v) is 2.97. The average Bonchev–Trinajstić information content (AvgIpc) is 2.47. The van der Waals surface area contributed by atoms with Crippen LogP contribution < -0.4 is 10.5 Å². The van der Waals surface area contributed by atoms with Crippen LogP contribution >= 0.6 is 11.6 Å². The Morgan fingerprint density at radius 3 is 2.43 bits per heavy atom. The zero-order valence-corrected chi connectivity index (χ0v) is 12.3. The van der Waals surface area contributed by atoms with Crippen LogP contribution in [0.25, 0.3) is 0 Å². The number of anilines is 1. The van der Waals surface area contributed by atoms with Crippen molar-refractivity contribution in [2.75, 3.05) is 4.72 Å². The lowest BCUT2D eigenvalue weighted by atomic mass is 10.2. The van der Waals surface area contributed by atoms with Gasteiger partial charge in [0.25, 0.3) is 10.0 Å². The first-order valence-corrected chi connectivity index (χ1v) is 7.65. The average molecular weight is 326 g/mol. The van der Waals surface area contributed by atoms with Gasteiger partial charge in [-0.15, -0.1) is 0 Å². The second-order valence-corrected chi connectivity index (χ2v) is 6.24. The molecular weight excluding hydrogens is 314 g/mol. The maximum absolute atomic E-state index is 12.2. The van der Waals surface area contributed by atoms with Crippen LogP contribution in [0.1, 0.15) is 5.56 Å². The predicted octanol–water partition coefficient (Wildman–Crippen LogP) is 2.24. The molecule has 4 N–H and O–H groups in total. The van der Waals surface area contributed by atoms with Crippen LogP contribution in [0.5, 0.6) is 0 Å². The fraction of sp³-hybridized carbons (Fsp3) is 0. The van der Waals surface area contributed by atoms with Gasteiger partial charge in [0, 0.05) is 16.3 Å². The molecule has 0 fully saturated rings. The topological polar surface area (TPSA) is 105 Å².